The first-order chi connectivity index (χ1) is 14.5. The first-order valence-corrected chi connectivity index (χ1v) is 11.5. The molecule has 0 amide bonds. The van der Waals surface area contributed by atoms with Gasteiger partial charge in [-0.3, -0.25) is 14.4 Å². The van der Waals surface area contributed by atoms with Gasteiger partial charge in [-0.15, -0.1) is 0 Å². The van der Waals surface area contributed by atoms with Crippen molar-refractivity contribution in [2.45, 2.75) is 71.5 Å². The zero-order chi connectivity index (χ0) is 22.8. The molecule has 0 bridgehead atoms. The highest BCUT2D eigenvalue weighted by Gasteiger charge is 2.70. The molecule has 4 rings (SSSR count). The van der Waals surface area contributed by atoms with Crippen LogP contribution in [0.15, 0.2) is 23.8 Å². The molecule has 4 aliphatic carbocycles. The summed E-state index contributed by atoms with van der Waals surface area (Å²) >= 11 is 0. The molecule has 1 unspecified atom stereocenters. The van der Waals surface area contributed by atoms with Gasteiger partial charge in [0.25, 0.3) is 0 Å². The Labute approximate surface area is 183 Å². The van der Waals surface area contributed by atoms with Gasteiger partial charge in [0.15, 0.2) is 11.4 Å². The number of ether oxygens (including phenoxy) is 1. The van der Waals surface area contributed by atoms with Gasteiger partial charge in [0.1, 0.15) is 6.61 Å². The summed E-state index contributed by atoms with van der Waals surface area (Å²) in [4.78, 5) is 37.4. The van der Waals surface area contributed by atoms with Crippen LogP contribution in [0, 0.1) is 34.5 Å². The lowest BCUT2D eigenvalue weighted by Gasteiger charge is -2.61. The van der Waals surface area contributed by atoms with Crippen LogP contribution in [0.5, 0.6) is 0 Å². The minimum Gasteiger partial charge on any atom is -0.450 e. The Balaban J connectivity index is 1.79. The molecule has 3 saturated carbocycles. The lowest BCUT2D eigenvalue weighted by Crippen LogP contribution is -2.63. The first-order valence-electron chi connectivity index (χ1n) is 11.5. The van der Waals surface area contributed by atoms with E-state index in [4.69, 9.17) is 4.74 Å². The van der Waals surface area contributed by atoms with Gasteiger partial charge in [-0.05, 0) is 55.6 Å². The molecular formula is C25H34O6. The molecule has 6 heteroatoms. The lowest BCUT2D eigenvalue weighted by molar-refractivity contribution is -0.201. The second-order valence-electron chi connectivity index (χ2n) is 10.5. The molecule has 4 aliphatic rings. The zero-order valence-electron chi connectivity index (χ0n) is 18.9. The number of hydrogen-bond donors (Lipinski definition) is 2. The van der Waals surface area contributed by atoms with Crippen molar-refractivity contribution in [3.05, 3.63) is 23.8 Å². The summed E-state index contributed by atoms with van der Waals surface area (Å²) in [5.74, 6) is -0.624. The average molecular weight is 431 g/mol. The minimum absolute atomic E-state index is 0.00665. The largest absolute Gasteiger partial charge is 0.450 e. The fourth-order valence-electron chi connectivity index (χ4n) is 7.81. The number of aliphatic hydroxyl groups excluding tert-OH is 2. The molecule has 6 nitrogen and oxygen atoms in total. The summed E-state index contributed by atoms with van der Waals surface area (Å²) in [6, 6.07) is 0. The number of aliphatic hydroxyl groups is 2. The molecule has 0 saturated heterocycles. The smallest absolute Gasteiger partial charge is 0.306 e. The van der Waals surface area contributed by atoms with Gasteiger partial charge in [0.2, 0.25) is 5.78 Å². The number of ketones is 2. The van der Waals surface area contributed by atoms with Crippen LogP contribution in [0.25, 0.3) is 0 Å². The van der Waals surface area contributed by atoms with Gasteiger partial charge in [-0.1, -0.05) is 39.3 Å². The average Bonchev–Trinajstić information content (AvgIpc) is 3.01. The van der Waals surface area contributed by atoms with E-state index in [2.05, 4.69) is 13.8 Å². The zero-order valence-corrected chi connectivity index (χ0v) is 18.9. The van der Waals surface area contributed by atoms with Crippen molar-refractivity contribution >= 4 is 17.5 Å². The number of Topliss-reactive ketones (excluding diaryl/α,β-unsaturated/α-hetero) is 1. The number of carbonyl (C=O) groups is 3. The van der Waals surface area contributed by atoms with Crippen molar-refractivity contribution in [2.24, 2.45) is 34.5 Å². The van der Waals surface area contributed by atoms with Crippen LogP contribution in [-0.4, -0.2) is 46.1 Å². The number of hydrogen-bond acceptors (Lipinski definition) is 6. The van der Waals surface area contributed by atoms with Crippen LogP contribution < -0.4 is 0 Å². The second-order valence-corrected chi connectivity index (χ2v) is 10.5. The number of fused-ring (bicyclic) bond motifs is 5. The molecular weight excluding hydrogens is 396 g/mol. The topological polar surface area (TPSA) is 101 Å². The van der Waals surface area contributed by atoms with E-state index < -0.39 is 40.9 Å². The molecule has 0 aromatic heterocycles. The summed E-state index contributed by atoms with van der Waals surface area (Å²) in [6.45, 7) is 7.20. The van der Waals surface area contributed by atoms with E-state index in [1.54, 1.807) is 19.1 Å². The van der Waals surface area contributed by atoms with Crippen molar-refractivity contribution in [3.8, 4) is 0 Å². The molecule has 0 spiro atoms. The Morgan fingerprint density at radius 3 is 2.65 bits per heavy atom. The van der Waals surface area contributed by atoms with Gasteiger partial charge in [0.05, 0.1) is 6.10 Å². The summed E-state index contributed by atoms with van der Waals surface area (Å²) in [5.41, 5.74) is -1.48. The van der Waals surface area contributed by atoms with E-state index in [0.29, 0.717) is 19.3 Å². The third kappa shape index (κ3) is 2.94. The molecule has 0 aromatic carbocycles. The maximum Gasteiger partial charge on any atom is 0.306 e. The number of allylic oxidation sites excluding steroid dienone is 4. The monoisotopic (exact) mass is 430 g/mol. The van der Waals surface area contributed by atoms with Gasteiger partial charge in [-0.25, -0.2) is 0 Å². The summed E-state index contributed by atoms with van der Waals surface area (Å²) < 4.78 is 5.84. The summed E-state index contributed by atoms with van der Waals surface area (Å²) in [5, 5.41) is 21.3. The molecule has 3 fully saturated rings. The van der Waals surface area contributed by atoms with Crippen LogP contribution in [0.1, 0.15) is 59.8 Å². The number of carbonyl (C=O) groups excluding carboxylic acids is 3. The number of rotatable bonds is 4. The number of esters is 1. The van der Waals surface area contributed by atoms with Crippen LogP contribution in [0.4, 0.5) is 0 Å². The Kier molecular flexibility index (Phi) is 5.33. The molecule has 0 heterocycles. The molecule has 0 aliphatic heterocycles. The minimum atomic E-state index is -1.40. The van der Waals surface area contributed by atoms with E-state index in [1.807, 2.05) is 13.0 Å². The Hall–Kier alpha value is -1.79. The van der Waals surface area contributed by atoms with Gasteiger partial charge >= 0.3 is 5.97 Å². The van der Waals surface area contributed by atoms with Crippen LogP contribution >= 0.6 is 0 Å². The quantitative estimate of drug-likeness (QED) is 0.665. The van der Waals surface area contributed by atoms with Crippen LogP contribution in [-0.2, 0) is 19.1 Å². The SMILES string of the molecule is CCC(=O)O[C@@]1(C(=O)CO)CC[C@H]2[C@@H]3CC(C)C4=CC(=O)C=C[C@]4(C)[C@H]3[C@@H](O)C[C@@]21C. The molecule has 170 valence electrons. The van der Waals surface area contributed by atoms with Gasteiger partial charge in [-0.2, -0.15) is 0 Å². The molecule has 8 atom stereocenters. The maximum absolute atomic E-state index is 13.0. The highest BCUT2D eigenvalue weighted by atomic mass is 16.6. The molecule has 0 radical (unpaired) electrons. The van der Waals surface area contributed by atoms with Crippen molar-refractivity contribution in [1.82, 2.24) is 0 Å². The van der Waals surface area contributed by atoms with Crippen LogP contribution in [0.3, 0.4) is 0 Å². The van der Waals surface area contributed by atoms with E-state index in [9.17, 15) is 24.6 Å². The van der Waals surface area contributed by atoms with Gasteiger partial charge in [0, 0.05) is 23.2 Å². The predicted molar refractivity (Wildman–Crippen MR) is 114 cm³/mol. The normalized spacial score (nSPS) is 45.9. The van der Waals surface area contributed by atoms with Crippen molar-refractivity contribution < 1.29 is 29.3 Å². The first kappa shape index (κ1) is 22.4. The highest BCUT2D eigenvalue weighted by molar-refractivity contribution is 6.01. The van der Waals surface area contributed by atoms with E-state index in [1.165, 1.54) is 0 Å². The fraction of sp³-hybridized carbons (Fsp3) is 0.720. The fourth-order valence-corrected chi connectivity index (χ4v) is 7.81. The van der Waals surface area contributed by atoms with Crippen molar-refractivity contribution in [2.75, 3.05) is 6.61 Å². The van der Waals surface area contributed by atoms with E-state index in [-0.39, 0.29) is 35.9 Å². The van der Waals surface area contributed by atoms with E-state index in [0.717, 1.165) is 12.0 Å². The van der Waals surface area contributed by atoms with Crippen LogP contribution in [0.2, 0.25) is 0 Å². The molecule has 2 N–H and O–H groups in total. The third-order valence-electron chi connectivity index (χ3n) is 9.11. The Morgan fingerprint density at radius 2 is 2.00 bits per heavy atom. The third-order valence-corrected chi connectivity index (χ3v) is 9.11. The predicted octanol–water partition coefficient (Wildman–Crippen LogP) is 2.76. The summed E-state index contributed by atoms with van der Waals surface area (Å²) in [7, 11) is 0. The van der Waals surface area contributed by atoms with Crippen molar-refractivity contribution in [3.63, 3.8) is 0 Å². The summed E-state index contributed by atoms with van der Waals surface area (Å²) in [6.07, 6.45) is 6.95. The van der Waals surface area contributed by atoms with Crippen molar-refractivity contribution in [1.29, 1.82) is 0 Å². The Bertz CT molecular complexity index is 873. The highest BCUT2D eigenvalue weighted by Crippen LogP contribution is 2.68. The van der Waals surface area contributed by atoms with E-state index >= 15 is 0 Å². The Morgan fingerprint density at radius 1 is 1.29 bits per heavy atom. The standard InChI is InChI=1S/C25H34O6/c1-5-21(30)31-25(20(29)13-26)9-7-17-16-10-14(2)18-11-15(27)6-8-23(18,3)22(16)19(28)12-24(17,25)4/h6,8,11,14,16-17,19,22,26,28H,5,7,9-10,12-13H2,1-4H3/t14?,16-,17-,19-,22+,23-,24-,25+/m0/s1. The maximum atomic E-state index is 13.0. The molecule has 31 heavy (non-hydrogen) atoms. The lowest BCUT2D eigenvalue weighted by atomic mass is 9.44. The van der Waals surface area contributed by atoms with Gasteiger partial charge < -0.3 is 14.9 Å². The second kappa shape index (κ2) is 7.38. The molecule has 0 aromatic rings.